The van der Waals surface area contributed by atoms with Crippen molar-refractivity contribution in [3.63, 3.8) is 0 Å². The number of carbonyl (C=O) groups is 2. The number of allylic oxidation sites excluding steroid dienone is 1. The Bertz CT molecular complexity index is 925. The summed E-state index contributed by atoms with van der Waals surface area (Å²) in [4.78, 5) is 25.0. The third-order valence-electron chi connectivity index (χ3n) is 3.78. The first kappa shape index (κ1) is 19.0. The van der Waals surface area contributed by atoms with Crippen LogP contribution in [0.5, 0.6) is 5.75 Å². The van der Waals surface area contributed by atoms with E-state index >= 15 is 0 Å². The van der Waals surface area contributed by atoms with E-state index in [0.29, 0.717) is 33.6 Å². The van der Waals surface area contributed by atoms with E-state index in [1.807, 2.05) is 6.92 Å². The highest BCUT2D eigenvalue weighted by molar-refractivity contribution is 8.04. The highest BCUT2D eigenvalue weighted by atomic mass is 32.2. The smallest absolute Gasteiger partial charge is 0.387 e. The molecular formula is C17H16F2N4O3S. The minimum Gasteiger partial charge on any atom is -0.435 e. The molecule has 7 nitrogen and oxygen atoms in total. The van der Waals surface area contributed by atoms with Gasteiger partial charge in [0.1, 0.15) is 5.75 Å². The normalized spacial score (nSPS) is 13.8. The summed E-state index contributed by atoms with van der Waals surface area (Å²) in [5.74, 6) is -0.0459. The fourth-order valence-electron chi connectivity index (χ4n) is 2.70. The topological polar surface area (TPSA) is 77.3 Å². The van der Waals surface area contributed by atoms with E-state index < -0.39 is 6.61 Å². The van der Waals surface area contributed by atoms with Crippen LogP contribution in [0.15, 0.2) is 34.3 Å². The molecule has 0 saturated carbocycles. The fourth-order valence-corrected chi connectivity index (χ4v) is 3.68. The molecule has 142 valence electrons. The molecule has 0 N–H and O–H groups in total. The molecule has 10 heteroatoms. The maximum Gasteiger partial charge on any atom is 0.387 e. The number of aryl methyl sites for hydroxylation is 1. The molecule has 3 rings (SSSR count). The fraction of sp³-hybridized carbons (Fsp3) is 0.294. The van der Waals surface area contributed by atoms with Crippen molar-refractivity contribution in [2.75, 3.05) is 5.01 Å². The molecule has 1 aromatic carbocycles. The van der Waals surface area contributed by atoms with Crippen LogP contribution in [0.1, 0.15) is 32.2 Å². The summed E-state index contributed by atoms with van der Waals surface area (Å²) in [6.07, 6.45) is 0.529. The van der Waals surface area contributed by atoms with E-state index in [0.717, 1.165) is 11.8 Å². The van der Waals surface area contributed by atoms with Gasteiger partial charge in [0.15, 0.2) is 11.6 Å². The summed E-state index contributed by atoms with van der Waals surface area (Å²) < 4.78 is 30.7. The van der Waals surface area contributed by atoms with Crippen molar-refractivity contribution in [1.29, 1.82) is 0 Å². The zero-order chi connectivity index (χ0) is 19.7. The lowest BCUT2D eigenvalue weighted by Crippen LogP contribution is -2.41. The summed E-state index contributed by atoms with van der Waals surface area (Å²) in [5.41, 5.74) is 0.858. The summed E-state index contributed by atoms with van der Waals surface area (Å²) in [6, 6.07) is 5.76. The number of Topliss-reactive ketones (excluding diaryl/α,β-unsaturated/α-hetero) is 1. The Morgan fingerprint density at radius 1 is 1.19 bits per heavy atom. The van der Waals surface area contributed by atoms with Gasteiger partial charge in [-0.1, -0.05) is 6.92 Å². The average Bonchev–Trinajstić information content (AvgIpc) is 3.02. The molecule has 1 aliphatic heterocycles. The number of ketones is 1. The summed E-state index contributed by atoms with van der Waals surface area (Å²) in [6.45, 7) is 1.70. The van der Waals surface area contributed by atoms with Gasteiger partial charge in [-0.25, -0.2) is 9.69 Å². The standard InChI is InChI=1S/C17H16F2N4O3S/c1-4-13-20-21-17-23(13)22(10(3)25)14(15(27-17)9(2)24)11-5-7-12(8-6-11)26-16(18)19/h5-8,16H,4H2,1-3H3. The zero-order valence-electron chi connectivity index (χ0n) is 14.8. The van der Waals surface area contributed by atoms with Crippen LogP contribution in [0.2, 0.25) is 0 Å². The average molecular weight is 394 g/mol. The van der Waals surface area contributed by atoms with Crippen molar-refractivity contribution < 1.29 is 23.1 Å². The number of alkyl halides is 2. The molecular weight excluding hydrogens is 378 g/mol. The number of nitrogens with zero attached hydrogens (tertiary/aromatic N) is 4. The molecule has 2 heterocycles. The molecule has 0 saturated heterocycles. The number of halogens is 2. The van der Waals surface area contributed by atoms with Crippen LogP contribution in [0, 0.1) is 0 Å². The van der Waals surface area contributed by atoms with E-state index in [9.17, 15) is 18.4 Å². The second kappa shape index (κ2) is 7.47. The van der Waals surface area contributed by atoms with Gasteiger partial charge in [0.2, 0.25) is 11.1 Å². The van der Waals surface area contributed by atoms with Crippen molar-refractivity contribution in [3.8, 4) is 5.75 Å². The number of benzene rings is 1. The Morgan fingerprint density at radius 3 is 2.37 bits per heavy atom. The second-order valence-electron chi connectivity index (χ2n) is 5.63. The Balaban J connectivity index is 2.16. The number of hydrogen-bond acceptors (Lipinski definition) is 6. The Kier molecular flexibility index (Phi) is 5.26. The molecule has 0 bridgehead atoms. The molecule has 1 aliphatic rings. The van der Waals surface area contributed by atoms with E-state index in [1.54, 1.807) is 4.68 Å². The molecule has 0 atom stereocenters. The molecule has 0 spiro atoms. The molecule has 0 unspecified atom stereocenters. The number of ether oxygens (including phenoxy) is 1. The van der Waals surface area contributed by atoms with E-state index in [4.69, 9.17) is 0 Å². The van der Waals surface area contributed by atoms with Crippen molar-refractivity contribution in [3.05, 3.63) is 40.6 Å². The molecule has 2 aromatic rings. The molecule has 0 radical (unpaired) electrons. The highest BCUT2D eigenvalue weighted by Crippen LogP contribution is 2.40. The number of aromatic nitrogens is 3. The molecule has 1 amide bonds. The van der Waals surface area contributed by atoms with Crippen LogP contribution < -0.4 is 9.75 Å². The third kappa shape index (κ3) is 3.57. The van der Waals surface area contributed by atoms with Gasteiger partial charge in [-0.05, 0) is 43.0 Å². The first-order chi connectivity index (χ1) is 12.8. The van der Waals surface area contributed by atoms with Gasteiger partial charge >= 0.3 is 6.61 Å². The lowest BCUT2D eigenvalue weighted by atomic mass is 10.1. The molecule has 27 heavy (non-hydrogen) atoms. The highest BCUT2D eigenvalue weighted by Gasteiger charge is 2.34. The summed E-state index contributed by atoms with van der Waals surface area (Å²) in [5, 5.41) is 9.88. The lowest BCUT2D eigenvalue weighted by Gasteiger charge is -2.32. The number of amides is 1. The quantitative estimate of drug-likeness (QED) is 0.776. The first-order valence-corrected chi connectivity index (χ1v) is 8.88. The van der Waals surface area contributed by atoms with Crippen LogP contribution >= 0.6 is 11.8 Å². The zero-order valence-corrected chi connectivity index (χ0v) is 15.6. The van der Waals surface area contributed by atoms with Crippen molar-refractivity contribution in [2.24, 2.45) is 0 Å². The van der Waals surface area contributed by atoms with E-state index in [2.05, 4.69) is 14.9 Å². The summed E-state index contributed by atoms with van der Waals surface area (Å²) in [7, 11) is 0. The number of thioether (sulfide) groups is 1. The Morgan fingerprint density at radius 2 is 1.85 bits per heavy atom. The lowest BCUT2D eigenvalue weighted by molar-refractivity contribution is -0.117. The maximum atomic E-state index is 12.5. The number of fused-ring (bicyclic) bond motifs is 1. The van der Waals surface area contributed by atoms with Crippen LogP contribution in [-0.2, 0) is 16.0 Å². The van der Waals surface area contributed by atoms with Crippen LogP contribution in [-0.4, -0.2) is 33.2 Å². The molecule has 1 aromatic heterocycles. The number of rotatable bonds is 5. The van der Waals surface area contributed by atoms with Gasteiger partial charge in [0.05, 0.1) is 10.6 Å². The van der Waals surface area contributed by atoms with Gasteiger partial charge in [0.25, 0.3) is 0 Å². The third-order valence-corrected chi connectivity index (χ3v) is 4.91. The van der Waals surface area contributed by atoms with Crippen molar-refractivity contribution >= 4 is 29.1 Å². The van der Waals surface area contributed by atoms with Gasteiger partial charge in [-0.2, -0.15) is 8.78 Å². The van der Waals surface area contributed by atoms with Gasteiger partial charge in [0, 0.05) is 18.9 Å². The SMILES string of the molecule is CCc1nnc2n1N(C(C)=O)C(c1ccc(OC(F)F)cc1)=C(C(C)=O)S2. The monoisotopic (exact) mass is 394 g/mol. The van der Waals surface area contributed by atoms with Gasteiger partial charge in [-0.3, -0.25) is 9.59 Å². The number of hydrogen-bond donors (Lipinski definition) is 0. The summed E-state index contributed by atoms with van der Waals surface area (Å²) >= 11 is 1.11. The van der Waals surface area contributed by atoms with Crippen LogP contribution in [0.4, 0.5) is 8.78 Å². The van der Waals surface area contributed by atoms with E-state index in [1.165, 1.54) is 43.1 Å². The molecule has 0 aliphatic carbocycles. The van der Waals surface area contributed by atoms with Crippen molar-refractivity contribution in [2.45, 2.75) is 39.0 Å². The first-order valence-electron chi connectivity index (χ1n) is 8.07. The minimum absolute atomic E-state index is 0.0178. The number of carbonyl (C=O) groups excluding carboxylic acids is 2. The van der Waals surface area contributed by atoms with E-state index in [-0.39, 0.29) is 17.4 Å². The Labute approximate surface area is 158 Å². The van der Waals surface area contributed by atoms with Crippen molar-refractivity contribution in [1.82, 2.24) is 14.9 Å². The Hall–Kier alpha value is -2.75. The predicted molar refractivity (Wildman–Crippen MR) is 94.8 cm³/mol. The molecule has 0 fully saturated rings. The largest absolute Gasteiger partial charge is 0.435 e. The van der Waals surface area contributed by atoms with Crippen LogP contribution in [0.3, 0.4) is 0 Å². The maximum absolute atomic E-state index is 12.5. The minimum atomic E-state index is -2.94. The van der Waals surface area contributed by atoms with Gasteiger partial charge in [-0.15, -0.1) is 10.2 Å². The predicted octanol–water partition coefficient (Wildman–Crippen LogP) is 2.99. The van der Waals surface area contributed by atoms with Gasteiger partial charge < -0.3 is 4.74 Å². The second-order valence-corrected chi connectivity index (χ2v) is 6.61. The van der Waals surface area contributed by atoms with Crippen LogP contribution in [0.25, 0.3) is 5.70 Å².